The Labute approximate surface area is 154 Å². The number of hydrogen-bond donors (Lipinski definition) is 2. The Morgan fingerprint density at radius 2 is 2.00 bits per heavy atom. The normalized spacial score (nSPS) is 11.6. The van der Waals surface area contributed by atoms with E-state index in [-0.39, 0.29) is 30.7 Å². The van der Waals surface area contributed by atoms with E-state index in [1.165, 1.54) is 7.11 Å². The Bertz CT molecular complexity index is 788. The summed E-state index contributed by atoms with van der Waals surface area (Å²) in [4.78, 5) is 39.0. The maximum absolute atomic E-state index is 12.1. The van der Waals surface area contributed by atoms with Crippen LogP contribution in [0, 0.1) is 0 Å². The molecule has 0 saturated carbocycles. The molecule has 1 aromatic heterocycles. The van der Waals surface area contributed by atoms with E-state index in [1.54, 1.807) is 24.3 Å². The van der Waals surface area contributed by atoms with Gasteiger partial charge < -0.3 is 20.2 Å². The molecule has 2 aromatic rings. The zero-order valence-electron chi connectivity index (χ0n) is 14.0. The summed E-state index contributed by atoms with van der Waals surface area (Å²) in [6.07, 6.45) is 1.46. The Morgan fingerprint density at radius 3 is 2.62 bits per heavy atom. The topological polar surface area (TPSA) is 125 Å². The van der Waals surface area contributed by atoms with Crippen LogP contribution in [0.3, 0.4) is 0 Å². The molecule has 0 spiro atoms. The summed E-state index contributed by atoms with van der Waals surface area (Å²) in [7, 11) is 1.22. The first-order valence-electron chi connectivity index (χ1n) is 7.74. The number of benzene rings is 1. The van der Waals surface area contributed by atoms with Crippen molar-refractivity contribution in [1.82, 2.24) is 10.3 Å². The van der Waals surface area contributed by atoms with Gasteiger partial charge in [-0.2, -0.15) is 0 Å². The van der Waals surface area contributed by atoms with Gasteiger partial charge in [-0.1, -0.05) is 23.7 Å². The quantitative estimate of drug-likeness (QED) is 0.665. The molecule has 9 heteroatoms. The van der Waals surface area contributed by atoms with Crippen molar-refractivity contribution in [3.8, 4) is 0 Å². The second-order valence-electron chi connectivity index (χ2n) is 5.47. The minimum Gasteiger partial charge on any atom is -0.464 e. The molecule has 0 aliphatic heterocycles. The third-order valence-electron chi connectivity index (χ3n) is 3.63. The number of aryl methyl sites for hydroxylation is 1. The number of rotatable bonds is 8. The molecule has 26 heavy (non-hydrogen) atoms. The number of aromatic nitrogens is 1. The van der Waals surface area contributed by atoms with Crippen molar-refractivity contribution in [1.29, 1.82) is 0 Å². The standard InChI is InChI=1S/C17H18ClN3O5/c1-25-17(24)15-13(26-9-20-15)6-7-14(22)21-12(16(19)23)8-10-2-4-11(18)5-3-10/h2-5,9,12H,6-8H2,1H3,(H2,19,23)(H,21,22). The fourth-order valence-corrected chi connectivity index (χ4v) is 2.41. The molecule has 138 valence electrons. The number of hydrogen-bond acceptors (Lipinski definition) is 6. The summed E-state index contributed by atoms with van der Waals surface area (Å²) in [5, 5.41) is 3.15. The van der Waals surface area contributed by atoms with Crippen LogP contribution in [0.4, 0.5) is 0 Å². The van der Waals surface area contributed by atoms with E-state index in [9.17, 15) is 14.4 Å². The number of ether oxygens (including phenoxy) is 1. The Hall–Kier alpha value is -2.87. The zero-order chi connectivity index (χ0) is 19.1. The van der Waals surface area contributed by atoms with Crippen molar-refractivity contribution in [2.24, 2.45) is 5.73 Å². The molecule has 0 aliphatic rings. The van der Waals surface area contributed by atoms with Gasteiger partial charge in [0.25, 0.3) is 0 Å². The van der Waals surface area contributed by atoms with Crippen molar-refractivity contribution < 1.29 is 23.5 Å². The number of primary amides is 1. The van der Waals surface area contributed by atoms with Crippen LogP contribution in [0.1, 0.15) is 28.2 Å². The predicted molar refractivity (Wildman–Crippen MR) is 92.4 cm³/mol. The number of esters is 1. The van der Waals surface area contributed by atoms with Crippen LogP contribution >= 0.6 is 11.6 Å². The summed E-state index contributed by atoms with van der Waals surface area (Å²) in [6.45, 7) is 0. The summed E-state index contributed by atoms with van der Waals surface area (Å²) in [5.74, 6) is -1.47. The summed E-state index contributed by atoms with van der Waals surface area (Å²) in [6, 6.07) is 6.02. The van der Waals surface area contributed by atoms with E-state index in [1.807, 2.05) is 0 Å². The SMILES string of the molecule is COC(=O)c1ncoc1CCC(=O)NC(Cc1ccc(Cl)cc1)C(N)=O. The van der Waals surface area contributed by atoms with Crippen molar-refractivity contribution in [3.63, 3.8) is 0 Å². The van der Waals surface area contributed by atoms with Crippen LogP contribution in [0.2, 0.25) is 5.02 Å². The van der Waals surface area contributed by atoms with Gasteiger partial charge >= 0.3 is 5.97 Å². The van der Waals surface area contributed by atoms with Gasteiger partial charge in [-0.05, 0) is 17.7 Å². The molecule has 2 rings (SSSR count). The molecule has 8 nitrogen and oxygen atoms in total. The Morgan fingerprint density at radius 1 is 1.31 bits per heavy atom. The Balaban J connectivity index is 1.93. The summed E-state index contributed by atoms with van der Waals surface area (Å²) < 4.78 is 9.68. The molecule has 0 bridgehead atoms. The number of nitrogens with two attached hydrogens (primary N) is 1. The average molecular weight is 380 g/mol. The maximum atomic E-state index is 12.1. The van der Waals surface area contributed by atoms with Gasteiger partial charge in [0.05, 0.1) is 7.11 Å². The molecule has 1 atom stereocenters. The number of nitrogens with one attached hydrogen (secondary N) is 1. The lowest BCUT2D eigenvalue weighted by Crippen LogP contribution is -2.45. The van der Waals surface area contributed by atoms with E-state index in [0.717, 1.165) is 12.0 Å². The molecule has 0 fully saturated rings. The minimum atomic E-state index is -0.863. The number of nitrogens with zero attached hydrogens (tertiary/aromatic N) is 1. The van der Waals surface area contributed by atoms with Crippen LogP contribution in [0.15, 0.2) is 35.1 Å². The van der Waals surface area contributed by atoms with Gasteiger partial charge in [0.2, 0.25) is 11.8 Å². The minimum absolute atomic E-state index is 0.0103. The molecule has 1 unspecified atom stereocenters. The average Bonchev–Trinajstić information content (AvgIpc) is 3.09. The van der Waals surface area contributed by atoms with Crippen molar-refractivity contribution in [2.75, 3.05) is 7.11 Å². The van der Waals surface area contributed by atoms with E-state index < -0.39 is 23.8 Å². The van der Waals surface area contributed by atoms with Gasteiger partial charge in [0.1, 0.15) is 11.8 Å². The maximum Gasteiger partial charge on any atom is 0.360 e. The van der Waals surface area contributed by atoms with Crippen LogP contribution < -0.4 is 11.1 Å². The second-order valence-corrected chi connectivity index (χ2v) is 5.91. The molecule has 1 heterocycles. The third-order valence-corrected chi connectivity index (χ3v) is 3.88. The summed E-state index contributed by atoms with van der Waals surface area (Å²) in [5.41, 5.74) is 6.19. The highest BCUT2D eigenvalue weighted by Crippen LogP contribution is 2.12. The zero-order valence-corrected chi connectivity index (χ0v) is 14.8. The first-order valence-corrected chi connectivity index (χ1v) is 8.12. The molecule has 2 amide bonds. The van der Waals surface area contributed by atoms with Crippen molar-refractivity contribution >= 4 is 29.4 Å². The lowest BCUT2D eigenvalue weighted by atomic mass is 10.1. The molecule has 1 aromatic carbocycles. The van der Waals surface area contributed by atoms with Crippen LogP contribution in [-0.4, -0.2) is 35.9 Å². The van der Waals surface area contributed by atoms with Crippen LogP contribution in [0.5, 0.6) is 0 Å². The smallest absolute Gasteiger partial charge is 0.360 e. The van der Waals surface area contributed by atoms with Crippen LogP contribution in [0.25, 0.3) is 0 Å². The monoisotopic (exact) mass is 379 g/mol. The number of carbonyl (C=O) groups is 3. The van der Waals surface area contributed by atoms with E-state index in [0.29, 0.717) is 5.02 Å². The fraction of sp³-hybridized carbons (Fsp3) is 0.294. The molecular weight excluding hydrogens is 362 g/mol. The van der Waals surface area contributed by atoms with Gasteiger partial charge in [0, 0.05) is 24.3 Å². The first-order chi connectivity index (χ1) is 12.4. The van der Waals surface area contributed by atoms with Crippen molar-refractivity contribution in [3.05, 3.63) is 52.7 Å². The fourth-order valence-electron chi connectivity index (χ4n) is 2.28. The molecule has 0 aliphatic carbocycles. The van der Waals surface area contributed by atoms with E-state index in [2.05, 4.69) is 15.0 Å². The van der Waals surface area contributed by atoms with Gasteiger partial charge in [0.15, 0.2) is 12.1 Å². The van der Waals surface area contributed by atoms with Gasteiger partial charge in [-0.25, -0.2) is 9.78 Å². The number of amides is 2. The highest BCUT2D eigenvalue weighted by Gasteiger charge is 2.21. The number of methoxy groups -OCH3 is 1. The predicted octanol–water partition coefficient (Wildman–Crippen LogP) is 1.26. The van der Waals surface area contributed by atoms with Gasteiger partial charge in [-0.15, -0.1) is 0 Å². The number of oxazole rings is 1. The Kier molecular flexibility index (Phi) is 6.74. The highest BCUT2D eigenvalue weighted by atomic mass is 35.5. The lowest BCUT2D eigenvalue weighted by molar-refractivity contribution is -0.127. The first kappa shape index (κ1) is 19.5. The highest BCUT2D eigenvalue weighted by molar-refractivity contribution is 6.30. The largest absolute Gasteiger partial charge is 0.464 e. The van der Waals surface area contributed by atoms with Crippen molar-refractivity contribution in [2.45, 2.75) is 25.3 Å². The second kappa shape index (κ2) is 9.00. The third kappa shape index (κ3) is 5.32. The summed E-state index contributed by atoms with van der Waals surface area (Å²) >= 11 is 5.82. The van der Waals surface area contributed by atoms with E-state index >= 15 is 0 Å². The van der Waals surface area contributed by atoms with Gasteiger partial charge in [-0.3, -0.25) is 9.59 Å². The molecule has 0 saturated heterocycles. The van der Waals surface area contributed by atoms with E-state index in [4.69, 9.17) is 21.8 Å². The number of carbonyl (C=O) groups excluding carboxylic acids is 3. The lowest BCUT2D eigenvalue weighted by Gasteiger charge is -2.15. The van der Waals surface area contributed by atoms with Crippen LogP contribution in [-0.2, 0) is 27.2 Å². The molecule has 0 radical (unpaired) electrons. The molecular formula is C17H18ClN3O5. The molecule has 3 N–H and O–H groups in total. The number of halogens is 1.